The molecule has 1 saturated carbocycles. The van der Waals surface area contributed by atoms with Crippen molar-refractivity contribution >= 4 is 11.7 Å². The number of nitrogens with zero attached hydrogens (tertiary/aromatic N) is 1. The van der Waals surface area contributed by atoms with Gasteiger partial charge in [0.25, 0.3) is 0 Å². The molecule has 0 aliphatic heterocycles. The lowest BCUT2D eigenvalue weighted by Crippen LogP contribution is -2.23. The Morgan fingerprint density at radius 1 is 1.18 bits per heavy atom. The van der Waals surface area contributed by atoms with Gasteiger partial charge in [0.05, 0.1) is 17.9 Å². The lowest BCUT2D eigenvalue weighted by Gasteiger charge is -2.24. The first-order valence-corrected chi connectivity index (χ1v) is 12.6. The van der Waals surface area contributed by atoms with Crippen LogP contribution in [0.2, 0.25) is 0 Å². The van der Waals surface area contributed by atoms with Gasteiger partial charge in [-0.05, 0) is 82.9 Å². The van der Waals surface area contributed by atoms with Gasteiger partial charge in [-0.2, -0.15) is 0 Å². The Labute approximate surface area is 203 Å². The van der Waals surface area contributed by atoms with Crippen LogP contribution in [0.3, 0.4) is 0 Å². The summed E-state index contributed by atoms with van der Waals surface area (Å²) in [5.74, 6) is -0.934. The van der Waals surface area contributed by atoms with Gasteiger partial charge in [-0.3, -0.25) is 4.79 Å². The third-order valence-corrected chi connectivity index (χ3v) is 6.44. The Bertz CT molecular complexity index is 791. The van der Waals surface area contributed by atoms with Gasteiger partial charge < -0.3 is 20.2 Å². The Morgan fingerprint density at radius 2 is 1.91 bits per heavy atom. The summed E-state index contributed by atoms with van der Waals surface area (Å²) >= 11 is 0. The van der Waals surface area contributed by atoms with E-state index in [4.69, 9.17) is 9.94 Å². The quantitative estimate of drug-likeness (QED) is 0.242. The number of oxime groups is 1. The van der Waals surface area contributed by atoms with E-state index in [1.165, 1.54) is 12.1 Å². The van der Waals surface area contributed by atoms with Crippen molar-refractivity contribution in [1.82, 2.24) is 0 Å². The van der Waals surface area contributed by atoms with E-state index in [9.17, 15) is 19.4 Å². The number of carbonyl (C=O) groups is 1. The van der Waals surface area contributed by atoms with Crippen molar-refractivity contribution in [2.45, 2.75) is 109 Å². The molecule has 192 valence electrons. The van der Waals surface area contributed by atoms with E-state index in [2.05, 4.69) is 5.16 Å². The molecule has 1 aliphatic carbocycles. The van der Waals surface area contributed by atoms with Crippen molar-refractivity contribution in [1.29, 1.82) is 0 Å². The van der Waals surface area contributed by atoms with Gasteiger partial charge in [0.1, 0.15) is 11.4 Å². The molecule has 2 rings (SSSR count). The number of unbranched alkanes of at least 4 members (excludes halogenated alkanes) is 3. The zero-order valence-corrected chi connectivity index (χ0v) is 20.9. The SMILES string of the molecule is CC(C)(C)O/N=C1\CC(O)C(CCCCCCC(=O)O)C1CCC(O)CCc1cccc(F)c1. The fourth-order valence-electron chi connectivity index (χ4n) is 4.66. The number of halogens is 1. The summed E-state index contributed by atoms with van der Waals surface area (Å²) in [7, 11) is 0. The lowest BCUT2D eigenvalue weighted by atomic mass is 9.84. The Kier molecular flexibility index (Phi) is 11.5. The van der Waals surface area contributed by atoms with Gasteiger partial charge in [0.2, 0.25) is 0 Å². The molecule has 0 saturated heterocycles. The molecule has 4 atom stereocenters. The minimum absolute atomic E-state index is 0.0418. The van der Waals surface area contributed by atoms with Crippen LogP contribution in [0.4, 0.5) is 4.39 Å². The van der Waals surface area contributed by atoms with Crippen molar-refractivity contribution in [3.05, 3.63) is 35.6 Å². The van der Waals surface area contributed by atoms with E-state index in [0.29, 0.717) is 38.5 Å². The Morgan fingerprint density at radius 3 is 2.59 bits per heavy atom. The summed E-state index contributed by atoms with van der Waals surface area (Å²) < 4.78 is 13.4. The molecule has 0 amide bonds. The van der Waals surface area contributed by atoms with Crippen LogP contribution in [0, 0.1) is 17.7 Å². The standard InChI is InChI=1S/C27H42FNO5/c1-27(2,3)34-29-24-18-25(31)23(11-6-4-5-7-12-26(32)33)22(24)16-15-21(30)14-13-19-9-8-10-20(28)17-19/h8-10,17,21-23,25,30-31H,4-7,11-16,18H2,1-3H3,(H,32,33)/b29-24+. The van der Waals surface area contributed by atoms with Crippen LogP contribution in [0.1, 0.15) is 90.5 Å². The second-order valence-electron chi connectivity index (χ2n) is 10.6. The number of aliphatic carboxylic acids is 1. The van der Waals surface area contributed by atoms with Crippen LogP contribution in [0.15, 0.2) is 29.4 Å². The molecular formula is C27H42FNO5. The first kappa shape index (κ1) is 28.2. The minimum Gasteiger partial charge on any atom is -0.481 e. The van der Waals surface area contributed by atoms with Gasteiger partial charge in [0.15, 0.2) is 0 Å². The van der Waals surface area contributed by atoms with E-state index >= 15 is 0 Å². The number of benzene rings is 1. The van der Waals surface area contributed by atoms with Crippen LogP contribution >= 0.6 is 0 Å². The number of hydrogen-bond acceptors (Lipinski definition) is 5. The molecular weight excluding hydrogens is 437 g/mol. The minimum atomic E-state index is -0.762. The maximum atomic E-state index is 13.4. The largest absolute Gasteiger partial charge is 0.481 e. The Balaban J connectivity index is 1.92. The molecule has 1 aromatic carbocycles. The summed E-state index contributed by atoms with van der Waals surface area (Å²) in [5, 5.41) is 34.5. The Hall–Kier alpha value is -1.99. The lowest BCUT2D eigenvalue weighted by molar-refractivity contribution is -0.137. The number of rotatable bonds is 14. The highest BCUT2D eigenvalue weighted by molar-refractivity contribution is 5.89. The molecule has 0 aromatic heterocycles. The summed E-state index contributed by atoms with van der Waals surface area (Å²) in [6.45, 7) is 5.80. The second kappa shape index (κ2) is 13.8. The molecule has 4 unspecified atom stereocenters. The number of carboxylic acid groups (broad SMARTS) is 1. The third kappa shape index (κ3) is 10.5. The molecule has 0 bridgehead atoms. The number of hydrogen-bond donors (Lipinski definition) is 3. The topological polar surface area (TPSA) is 99.4 Å². The molecule has 0 heterocycles. The number of carboxylic acids is 1. The molecule has 1 aromatic rings. The highest BCUT2D eigenvalue weighted by Gasteiger charge is 2.40. The first-order chi connectivity index (χ1) is 16.0. The zero-order valence-electron chi connectivity index (χ0n) is 20.9. The maximum absolute atomic E-state index is 13.4. The molecule has 7 heteroatoms. The van der Waals surface area contributed by atoms with Gasteiger partial charge in [0, 0.05) is 18.8 Å². The van der Waals surface area contributed by atoms with E-state index in [1.807, 2.05) is 26.8 Å². The summed E-state index contributed by atoms with van der Waals surface area (Å²) in [6, 6.07) is 6.46. The average molecular weight is 480 g/mol. The summed E-state index contributed by atoms with van der Waals surface area (Å²) in [4.78, 5) is 16.3. The van der Waals surface area contributed by atoms with E-state index in [-0.39, 0.29) is 24.1 Å². The summed E-state index contributed by atoms with van der Waals surface area (Å²) in [5.41, 5.74) is 1.31. The van der Waals surface area contributed by atoms with Gasteiger partial charge >= 0.3 is 5.97 Å². The van der Waals surface area contributed by atoms with Gasteiger partial charge in [-0.15, -0.1) is 0 Å². The number of aliphatic hydroxyl groups excluding tert-OH is 2. The highest BCUT2D eigenvalue weighted by atomic mass is 19.1. The fraction of sp³-hybridized carbons (Fsp3) is 0.704. The van der Waals surface area contributed by atoms with Crippen molar-refractivity contribution in [2.24, 2.45) is 17.0 Å². The van der Waals surface area contributed by atoms with Gasteiger partial charge in [-0.1, -0.05) is 36.6 Å². The zero-order chi connectivity index (χ0) is 25.1. The van der Waals surface area contributed by atoms with Crippen LogP contribution in [-0.2, 0) is 16.1 Å². The molecule has 34 heavy (non-hydrogen) atoms. The number of aliphatic hydroxyl groups is 2. The van der Waals surface area contributed by atoms with Crippen molar-refractivity contribution in [3.8, 4) is 0 Å². The predicted molar refractivity (Wildman–Crippen MR) is 131 cm³/mol. The van der Waals surface area contributed by atoms with E-state index in [0.717, 1.165) is 37.0 Å². The molecule has 6 nitrogen and oxygen atoms in total. The number of aryl methyl sites for hydroxylation is 1. The third-order valence-electron chi connectivity index (χ3n) is 6.44. The second-order valence-corrected chi connectivity index (χ2v) is 10.6. The van der Waals surface area contributed by atoms with Crippen molar-refractivity contribution in [3.63, 3.8) is 0 Å². The van der Waals surface area contributed by atoms with Crippen LogP contribution in [0.5, 0.6) is 0 Å². The van der Waals surface area contributed by atoms with Crippen molar-refractivity contribution < 1.29 is 29.3 Å². The van der Waals surface area contributed by atoms with Crippen LogP contribution in [-0.4, -0.2) is 44.8 Å². The van der Waals surface area contributed by atoms with Crippen molar-refractivity contribution in [2.75, 3.05) is 0 Å². The molecule has 1 aliphatic rings. The fourth-order valence-corrected chi connectivity index (χ4v) is 4.66. The van der Waals surface area contributed by atoms with E-state index < -0.39 is 23.8 Å². The van der Waals surface area contributed by atoms with Crippen LogP contribution in [0.25, 0.3) is 0 Å². The molecule has 3 N–H and O–H groups in total. The predicted octanol–water partition coefficient (Wildman–Crippen LogP) is 5.49. The summed E-state index contributed by atoms with van der Waals surface area (Å²) in [6.07, 6.45) is 6.37. The molecule has 0 spiro atoms. The highest BCUT2D eigenvalue weighted by Crippen LogP contribution is 2.38. The molecule has 1 fully saturated rings. The molecule has 0 radical (unpaired) electrons. The normalized spacial score (nSPS) is 22.8. The smallest absolute Gasteiger partial charge is 0.303 e. The average Bonchev–Trinajstić information content (AvgIpc) is 3.05. The van der Waals surface area contributed by atoms with Gasteiger partial charge in [-0.25, -0.2) is 4.39 Å². The monoisotopic (exact) mass is 479 g/mol. The van der Waals surface area contributed by atoms with E-state index in [1.54, 1.807) is 6.07 Å². The first-order valence-electron chi connectivity index (χ1n) is 12.6. The maximum Gasteiger partial charge on any atom is 0.303 e. The van der Waals surface area contributed by atoms with Crippen LogP contribution < -0.4 is 0 Å².